The molecule has 0 saturated carbocycles. The SMILES string of the molecule is Cc1nc(C(=O)NC(C)c2ccc(F)cc2F)nn1-c1ccc(F)cc1. The van der Waals surface area contributed by atoms with E-state index in [1.54, 1.807) is 13.8 Å². The number of carbonyl (C=O) groups is 1. The zero-order valence-corrected chi connectivity index (χ0v) is 14.0. The van der Waals surface area contributed by atoms with E-state index >= 15 is 0 Å². The first-order valence-corrected chi connectivity index (χ1v) is 7.80. The van der Waals surface area contributed by atoms with E-state index in [1.165, 1.54) is 35.0 Å². The number of halogens is 3. The Morgan fingerprint density at radius 1 is 1.08 bits per heavy atom. The van der Waals surface area contributed by atoms with Gasteiger partial charge in [-0.3, -0.25) is 4.79 Å². The number of rotatable bonds is 4. The van der Waals surface area contributed by atoms with Crippen LogP contribution in [0.25, 0.3) is 5.69 Å². The molecular weight excluding hydrogens is 345 g/mol. The Labute approximate surface area is 147 Å². The zero-order valence-electron chi connectivity index (χ0n) is 14.0. The largest absolute Gasteiger partial charge is 0.343 e. The van der Waals surface area contributed by atoms with Gasteiger partial charge in [0.05, 0.1) is 11.7 Å². The van der Waals surface area contributed by atoms with Gasteiger partial charge in [-0.15, -0.1) is 5.10 Å². The lowest BCUT2D eigenvalue weighted by molar-refractivity contribution is 0.0929. The minimum atomic E-state index is -0.751. The van der Waals surface area contributed by atoms with Crippen molar-refractivity contribution in [1.29, 1.82) is 0 Å². The van der Waals surface area contributed by atoms with Gasteiger partial charge in [0.2, 0.25) is 5.82 Å². The van der Waals surface area contributed by atoms with Crippen molar-refractivity contribution in [1.82, 2.24) is 20.1 Å². The maximum atomic E-state index is 13.8. The summed E-state index contributed by atoms with van der Waals surface area (Å²) in [6.07, 6.45) is 0. The number of nitrogens with one attached hydrogen (secondary N) is 1. The monoisotopic (exact) mass is 360 g/mol. The van der Waals surface area contributed by atoms with E-state index in [9.17, 15) is 18.0 Å². The van der Waals surface area contributed by atoms with E-state index in [2.05, 4.69) is 15.4 Å². The first-order valence-electron chi connectivity index (χ1n) is 7.80. The molecule has 2 aromatic carbocycles. The Bertz CT molecular complexity index is 954. The highest BCUT2D eigenvalue weighted by Gasteiger charge is 2.19. The number of aromatic nitrogens is 3. The van der Waals surface area contributed by atoms with Crippen LogP contribution in [0.1, 0.15) is 35.0 Å². The fourth-order valence-corrected chi connectivity index (χ4v) is 2.50. The summed E-state index contributed by atoms with van der Waals surface area (Å²) in [5, 5.41) is 6.68. The normalized spacial score (nSPS) is 12.0. The number of amides is 1. The van der Waals surface area contributed by atoms with Gasteiger partial charge in [-0.25, -0.2) is 22.8 Å². The number of carbonyl (C=O) groups excluding carboxylic acids is 1. The van der Waals surface area contributed by atoms with Crippen LogP contribution in [0.15, 0.2) is 42.5 Å². The summed E-state index contributed by atoms with van der Waals surface area (Å²) >= 11 is 0. The van der Waals surface area contributed by atoms with Gasteiger partial charge < -0.3 is 5.32 Å². The van der Waals surface area contributed by atoms with Gasteiger partial charge in [0.15, 0.2) is 0 Å². The second-order valence-electron chi connectivity index (χ2n) is 5.73. The highest BCUT2D eigenvalue weighted by molar-refractivity contribution is 5.90. The van der Waals surface area contributed by atoms with Crippen molar-refractivity contribution in [2.75, 3.05) is 0 Å². The number of hydrogen-bond donors (Lipinski definition) is 1. The molecule has 3 aromatic rings. The lowest BCUT2D eigenvalue weighted by Gasteiger charge is -2.13. The molecule has 1 atom stereocenters. The minimum Gasteiger partial charge on any atom is -0.343 e. The van der Waals surface area contributed by atoms with Crippen LogP contribution in [0.3, 0.4) is 0 Å². The highest BCUT2D eigenvalue weighted by Crippen LogP contribution is 2.18. The summed E-state index contributed by atoms with van der Waals surface area (Å²) in [7, 11) is 0. The van der Waals surface area contributed by atoms with Crippen molar-refractivity contribution in [3.63, 3.8) is 0 Å². The van der Waals surface area contributed by atoms with E-state index in [0.29, 0.717) is 11.5 Å². The fraction of sp³-hybridized carbons (Fsp3) is 0.167. The van der Waals surface area contributed by atoms with Crippen molar-refractivity contribution in [3.8, 4) is 5.69 Å². The van der Waals surface area contributed by atoms with Gasteiger partial charge in [0.25, 0.3) is 5.91 Å². The van der Waals surface area contributed by atoms with Gasteiger partial charge in [-0.2, -0.15) is 0 Å². The molecule has 0 radical (unpaired) electrons. The third-order valence-electron chi connectivity index (χ3n) is 3.82. The Morgan fingerprint density at radius 2 is 1.73 bits per heavy atom. The van der Waals surface area contributed by atoms with Gasteiger partial charge in [-0.05, 0) is 44.2 Å². The number of aryl methyl sites for hydroxylation is 1. The van der Waals surface area contributed by atoms with E-state index in [-0.39, 0.29) is 17.2 Å². The zero-order chi connectivity index (χ0) is 18.8. The predicted octanol–water partition coefficient (Wildman–Crippen LogP) is 3.48. The standard InChI is InChI=1S/C18H15F3N4O/c1-10(15-8-5-13(20)9-16(15)21)22-18(26)17-23-11(2)25(24-17)14-6-3-12(19)4-7-14/h3-10H,1-2H3,(H,22,26). The maximum absolute atomic E-state index is 13.8. The minimum absolute atomic E-state index is 0.110. The van der Waals surface area contributed by atoms with Crippen LogP contribution in [0, 0.1) is 24.4 Å². The molecular formula is C18H15F3N4O. The third-order valence-corrected chi connectivity index (χ3v) is 3.82. The molecule has 1 N–H and O–H groups in total. The van der Waals surface area contributed by atoms with Crippen molar-refractivity contribution in [2.24, 2.45) is 0 Å². The summed E-state index contributed by atoms with van der Waals surface area (Å²) in [6.45, 7) is 3.22. The highest BCUT2D eigenvalue weighted by atomic mass is 19.1. The molecule has 1 amide bonds. The molecule has 0 aliphatic rings. The molecule has 134 valence electrons. The molecule has 26 heavy (non-hydrogen) atoms. The predicted molar refractivity (Wildman–Crippen MR) is 88.3 cm³/mol. The van der Waals surface area contributed by atoms with Gasteiger partial charge in [-0.1, -0.05) is 6.07 Å². The smallest absolute Gasteiger partial charge is 0.291 e. The second-order valence-corrected chi connectivity index (χ2v) is 5.73. The van der Waals surface area contributed by atoms with Crippen LogP contribution in [0.2, 0.25) is 0 Å². The van der Waals surface area contributed by atoms with Crippen LogP contribution in [0.5, 0.6) is 0 Å². The van der Waals surface area contributed by atoms with E-state index < -0.39 is 23.6 Å². The van der Waals surface area contributed by atoms with Crippen LogP contribution in [-0.4, -0.2) is 20.7 Å². The van der Waals surface area contributed by atoms with Gasteiger partial charge in [0.1, 0.15) is 23.3 Å². The third kappa shape index (κ3) is 3.58. The van der Waals surface area contributed by atoms with Crippen molar-refractivity contribution in [3.05, 3.63) is 77.1 Å². The summed E-state index contributed by atoms with van der Waals surface area (Å²) in [6, 6.07) is 8.00. The number of nitrogens with zero attached hydrogens (tertiary/aromatic N) is 3. The Balaban J connectivity index is 1.80. The second kappa shape index (κ2) is 6.99. The Kier molecular flexibility index (Phi) is 4.75. The van der Waals surface area contributed by atoms with E-state index in [1.807, 2.05) is 0 Å². The van der Waals surface area contributed by atoms with Gasteiger partial charge in [0, 0.05) is 11.6 Å². The quantitative estimate of drug-likeness (QED) is 0.775. The average Bonchev–Trinajstić information content (AvgIpc) is 2.97. The van der Waals surface area contributed by atoms with E-state index in [0.717, 1.165) is 12.1 Å². The fourth-order valence-electron chi connectivity index (χ4n) is 2.50. The van der Waals surface area contributed by atoms with Crippen LogP contribution in [-0.2, 0) is 0 Å². The summed E-state index contributed by atoms with van der Waals surface area (Å²) in [5.74, 6) is -2.12. The molecule has 0 bridgehead atoms. The van der Waals surface area contributed by atoms with Crippen LogP contribution in [0.4, 0.5) is 13.2 Å². The first kappa shape index (κ1) is 17.7. The topological polar surface area (TPSA) is 59.8 Å². The number of hydrogen-bond acceptors (Lipinski definition) is 3. The van der Waals surface area contributed by atoms with Crippen LogP contribution >= 0.6 is 0 Å². The molecule has 0 spiro atoms. The molecule has 1 aromatic heterocycles. The summed E-state index contributed by atoms with van der Waals surface area (Å²) < 4.78 is 41.3. The molecule has 5 nitrogen and oxygen atoms in total. The molecule has 0 saturated heterocycles. The lowest BCUT2D eigenvalue weighted by Crippen LogP contribution is -2.28. The molecule has 1 heterocycles. The van der Waals surface area contributed by atoms with Gasteiger partial charge >= 0.3 is 0 Å². The maximum Gasteiger partial charge on any atom is 0.291 e. The first-order chi connectivity index (χ1) is 12.3. The Morgan fingerprint density at radius 3 is 2.38 bits per heavy atom. The van der Waals surface area contributed by atoms with Crippen molar-refractivity contribution < 1.29 is 18.0 Å². The van der Waals surface area contributed by atoms with Crippen molar-refractivity contribution in [2.45, 2.75) is 19.9 Å². The summed E-state index contributed by atoms with van der Waals surface area (Å²) in [5.41, 5.74) is 0.697. The molecule has 3 rings (SSSR count). The number of benzene rings is 2. The molecule has 8 heteroatoms. The van der Waals surface area contributed by atoms with E-state index in [4.69, 9.17) is 0 Å². The van der Waals surface area contributed by atoms with Crippen molar-refractivity contribution >= 4 is 5.91 Å². The molecule has 1 unspecified atom stereocenters. The molecule has 0 aliphatic carbocycles. The lowest BCUT2D eigenvalue weighted by atomic mass is 10.1. The molecule has 0 aliphatic heterocycles. The summed E-state index contributed by atoms with van der Waals surface area (Å²) in [4.78, 5) is 16.4. The Hall–Kier alpha value is -3.16. The average molecular weight is 360 g/mol. The molecule has 0 fully saturated rings. The van der Waals surface area contributed by atoms with Crippen LogP contribution < -0.4 is 5.32 Å².